The van der Waals surface area contributed by atoms with E-state index in [4.69, 9.17) is 4.74 Å². The molecule has 1 amide bonds. The molecule has 170 valence electrons. The Labute approximate surface area is 192 Å². The van der Waals surface area contributed by atoms with Crippen molar-refractivity contribution in [2.75, 3.05) is 19.8 Å². The van der Waals surface area contributed by atoms with Gasteiger partial charge in [-0.1, -0.05) is 72.7 Å². The van der Waals surface area contributed by atoms with Crippen molar-refractivity contribution >= 4 is 32.4 Å². The number of aryl methyl sites for hydroxylation is 1. The van der Waals surface area contributed by atoms with Gasteiger partial charge in [-0.25, -0.2) is 4.39 Å². The van der Waals surface area contributed by atoms with Crippen molar-refractivity contribution in [3.8, 4) is 0 Å². The second-order valence-corrected chi connectivity index (χ2v) is 10.2. The summed E-state index contributed by atoms with van der Waals surface area (Å²) in [6, 6.07) is 0. The minimum absolute atomic E-state index is 0.0152. The molecule has 0 atom stereocenters. The fraction of sp³-hybridized carbons (Fsp3) is 0.640. The predicted octanol–water partition coefficient (Wildman–Crippen LogP) is 4.34. The Morgan fingerprint density at radius 3 is 2.74 bits per heavy atom. The molecule has 1 N–H and O–H groups in total. The lowest BCUT2D eigenvalue weighted by atomic mass is 9.97. The third kappa shape index (κ3) is 5.70. The molecule has 31 heavy (non-hydrogen) atoms. The Hall–Kier alpha value is -1.40. The molecule has 0 bridgehead atoms. The lowest BCUT2D eigenvalue weighted by molar-refractivity contribution is -0.134. The van der Waals surface area contributed by atoms with Gasteiger partial charge in [0.25, 0.3) is 5.91 Å². The first-order chi connectivity index (χ1) is 15.1. The van der Waals surface area contributed by atoms with Crippen LogP contribution in [0.3, 0.4) is 0 Å². The highest BCUT2D eigenvalue weighted by atomic mass is 79.9. The van der Waals surface area contributed by atoms with E-state index in [1.807, 2.05) is 12.3 Å². The van der Waals surface area contributed by atoms with E-state index in [9.17, 15) is 9.18 Å². The second kappa shape index (κ2) is 10.5. The summed E-state index contributed by atoms with van der Waals surface area (Å²) < 4.78 is 22.4. The average Bonchev–Trinajstić information content (AvgIpc) is 2.88. The first-order valence-corrected chi connectivity index (χ1v) is 12.7. The maximum Gasteiger partial charge on any atom is 0.253 e. The smallest absolute Gasteiger partial charge is 0.253 e. The summed E-state index contributed by atoms with van der Waals surface area (Å²) in [4.78, 5) is 13.1. The van der Waals surface area contributed by atoms with Crippen molar-refractivity contribution in [3.63, 3.8) is 0 Å². The highest BCUT2D eigenvalue weighted by Gasteiger charge is 2.37. The van der Waals surface area contributed by atoms with Gasteiger partial charge in [-0.05, 0) is 31.6 Å². The number of alkyl halides is 1. The van der Waals surface area contributed by atoms with Crippen LogP contribution in [0.5, 0.6) is 0 Å². The van der Waals surface area contributed by atoms with Crippen LogP contribution < -0.4 is 15.9 Å². The van der Waals surface area contributed by atoms with Gasteiger partial charge in [0.2, 0.25) is 0 Å². The van der Waals surface area contributed by atoms with Crippen LogP contribution in [0.1, 0.15) is 74.6 Å². The summed E-state index contributed by atoms with van der Waals surface area (Å²) >= 11 is 3.67. The molecule has 6 heteroatoms. The molecular formula is C25H34BrFN2O2. The molecule has 1 aromatic heterocycles. The van der Waals surface area contributed by atoms with Crippen LogP contribution in [0.25, 0.3) is 10.6 Å². The van der Waals surface area contributed by atoms with Crippen molar-refractivity contribution < 1.29 is 13.9 Å². The summed E-state index contributed by atoms with van der Waals surface area (Å²) in [6.07, 6.45) is 19.3. The summed E-state index contributed by atoms with van der Waals surface area (Å²) in [5, 5.41) is 5.16. The number of ether oxygens (including phenoxy) is 1. The van der Waals surface area contributed by atoms with Crippen LogP contribution >= 0.6 is 15.9 Å². The van der Waals surface area contributed by atoms with Gasteiger partial charge in [-0.3, -0.25) is 4.79 Å². The fourth-order valence-electron chi connectivity index (χ4n) is 5.01. The van der Waals surface area contributed by atoms with Gasteiger partial charge in [-0.2, -0.15) is 0 Å². The van der Waals surface area contributed by atoms with Crippen molar-refractivity contribution in [1.82, 2.24) is 9.88 Å². The Bertz CT molecular complexity index is 924. The van der Waals surface area contributed by atoms with Gasteiger partial charge < -0.3 is 14.6 Å². The Morgan fingerprint density at radius 1 is 1.26 bits per heavy atom. The van der Waals surface area contributed by atoms with Gasteiger partial charge in [0, 0.05) is 34.3 Å². The number of aromatic nitrogens is 1. The molecule has 1 saturated carbocycles. The third-order valence-electron chi connectivity index (χ3n) is 6.87. The van der Waals surface area contributed by atoms with Gasteiger partial charge >= 0.3 is 0 Å². The summed E-state index contributed by atoms with van der Waals surface area (Å²) in [6.45, 7) is 1.84. The largest absolute Gasteiger partial charge is 0.375 e. The number of fused-ring (bicyclic) bond motifs is 1. The molecule has 1 saturated heterocycles. The minimum atomic E-state index is -1.17. The fourth-order valence-corrected chi connectivity index (χ4v) is 5.61. The molecule has 2 fully saturated rings. The molecule has 4 nitrogen and oxygen atoms in total. The van der Waals surface area contributed by atoms with Crippen molar-refractivity contribution in [1.29, 1.82) is 0 Å². The number of carbonyl (C=O) groups excluding carboxylic acids is 1. The molecule has 1 aliphatic heterocycles. The van der Waals surface area contributed by atoms with Crippen LogP contribution in [-0.4, -0.2) is 35.9 Å². The highest BCUT2D eigenvalue weighted by molar-refractivity contribution is 9.15. The first kappa shape index (κ1) is 22.8. The summed E-state index contributed by atoms with van der Waals surface area (Å²) in [7, 11) is 0. The quantitative estimate of drug-likeness (QED) is 0.548. The van der Waals surface area contributed by atoms with Crippen molar-refractivity contribution in [2.24, 2.45) is 5.92 Å². The number of hydrogen-bond donors (Lipinski definition) is 1. The number of halogens is 2. The van der Waals surface area contributed by atoms with Crippen LogP contribution in [0.15, 0.2) is 18.3 Å². The lowest BCUT2D eigenvalue weighted by Crippen LogP contribution is -2.45. The van der Waals surface area contributed by atoms with Crippen LogP contribution in [0.4, 0.5) is 4.39 Å². The maximum absolute atomic E-state index is 14.3. The summed E-state index contributed by atoms with van der Waals surface area (Å²) in [5.74, 6) is 0.723. The van der Waals surface area contributed by atoms with Gasteiger partial charge in [0.1, 0.15) is 0 Å². The minimum Gasteiger partial charge on any atom is -0.375 e. The average molecular weight is 493 g/mol. The zero-order valence-corrected chi connectivity index (χ0v) is 19.9. The molecule has 0 unspecified atom stereocenters. The van der Waals surface area contributed by atoms with E-state index >= 15 is 0 Å². The van der Waals surface area contributed by atoms with Crippen LogP contribution in [0, 0.1) is 5.92 Å². The zero-order valence-electron chi connectivity index (χ0n) is 18.3. The molecule has 2 heterocycles. The predicted molar refractivity (Wildman–Crippen MR) is 126 cm³/mol. The van der Waals surface area contributed by atoms with Crippen LogP contribution in [0.2, 0.25) is 0 Å². The summed E-state index contributed by atoms with van der Waals surface area (Å²) in [5.41, 5.74) is -0.465. The Kier molecular flexibility index (Phi) is 7.70. The van der Waals surface area contributed by atoms with Gasteiger partial charge in [0.15, 0.2) is 5.67 Å². The number of rotatable bonds is 8. The molecule has 0 aromatic carbocycles. The number of nitrogens with one attached hydrogen (secondary N) is 1. The topological polar surface area (TPSA) is 43.3 Å². The maximum atomic E-state index is 14.3. The SMILES string of the molecule is O=C(NCCC1CCCCCC1)c1cn(CCCC2(F)COC2)c2c1=C(Br)C=CCC=2. The number of carbonyl (C=O) groups is 1. The van der Waals surface area contributed by atoms with Gasteiger partial charge in [-0.15, -0.1) is 0 Å². The van der Waals surface area contributed by atoms with E-state index in [1.165, 1.54) is 38.5 Å². The molecule has 0 spiro atoms. The number of allylic oxidation sites excluding steroid dienone is 2. The first-order valence-electron chi connectivity index (χ1n) is 11.9. The van der Waals surface area contributed by atoms with E-state index < -0.39 is 5.67 Å². The second-order valence-electron chi connectivity index (χ2n) is 9.34. The van der Waals surface area contributed by atoms with Crippen molar-refractivity contribution in [3.05, 3.63) is 34.5 Å². The van der Waals surface area contributed by atoms with Crippen LogP contribution in [-0.2, 0) is 11.3 Å². The van der Waals surface area contributed by atoms with E-state index in [0.29, 0.717) is 18.5 Å². The number of hydrogen-bond acceptors (Lipinski definition) is 2. The molecule has 4 rings (SSSR count). The third-order valence-corrected chi connectivity index (χ3v) is 7.53. The lowest BCUT2D eigenvalue weighted by Gasteiger charge is -2.33. The molecular weight excluding hydrogens is 459 g/mol. The number of nitrogens with zero attached hydrogens (tertiary/aromatic N) is 1. The van der Waals surface area contributed by atoms with E-state index in [-0.39, 0.29) is 19.1 Å². The highest BCUT2D eigenvalue weighted by Crippen LogP contribution is 2.27. The molecule has 3 aliphatic rings. The van der Waals surface area contributed by atoms with E-state index in [0.717, 1.165) is 46.8 Å². The number of amides is 1. The van der Waals surface area contributed by atoms with E-state index in [2.05, 4.69) is 38.0 Å². The van der Waals surface area contributed by atoms with E-state index in [1.54, 1.807) is 0 Å². The molecule has 0 radical (unpaired) electrons. The Balaban J connectivity index is 1.45. The van der Waals surface area contributed by atoms with Gasteiger partial charge in [0.05, 0.1) is 18.8 Å². The monoisotopic (exact) mass is 492 g/mol. The molecule has 2 aliphatic carbocycles. The normalized spacial score (nSPS) is 20.9. The Morgan fingerprint density at radius 2 is 2.03 bits per heavy atom. The zero-order chi connectivity index (χ0) is 21.7. The molecule has 1 aromatic rings. The standard InChI is InChI=1S/C25H34BrFN2O2/c26-21-10-5-6-11-22-23(21)20(16-29(22)15-7-13-25(27)17-31-18-25)24(30)28-14-12-19-8-3-1-2-4-9-19/h5,10-11,16,19H,1-4,6-9,12-15,17-18H2,(H,28,30). The van der Waals surface area contributed by atoms with Crippen molar-refractivity contribution in [2.45, 2.75) is 76.4 Å².